The molecular formula is C15H14FIN2O. The van der Waals surface area contributed by atoms with Crippen LogP contribution in [0, 0.1) is 23.2 Å². The molecular weight excluding hydrogens is 370 g/mol. The largest absolute Gasteiger partial charge is 0.457 e. The molecule has 0 spiro atoms. The van der Waals surface area contributed by atoms with Crippen molar-refractivity contribution in [1.29, 1.82) is 0 Å². The molecule has 2 aromatic rings. The smallest absolute Gasteiger partial charge is 0.140 e. The maximum atomic E-state index is 13.5. The SMILES string of the molecule is Cc1cc(Oc2ccc(I)c(F)c2)c(C)cc1N=CN. The van der Waals surface area contributed by atoms with Crippen molar-refractivity contribution in [1.82, 2.24) is 0 Å². The Morgan fingerprint density at radius 2 is 1.95 bits per heavy atom. The van der Waals surface area contributed by atoms with Crippen molar-refractivity contribution < 1.29 is 9.13 Å². The molecule has 0 amide bonds. The van der Waals surface area contributed by atoms with Gasteiger partial charge in [-0.1, -0.05) is 0 Å². The van der Waals surface area contributed by atoms with Gasteiger partial charge in [-0.05, 0) is 71.8 Å². The average Bonchev–Trinajstić information content (AvgIpc) is 2.40. The molecule has 0 heterocycles. The number of benzene rings is 2. The molecule has 3 nitrogen and oxygen atoms in total. The van der Waals surface area contributed by atoms with Gasteiger partial charge in [0.15, 0.2) is 0 Å². The molecule has 2 aromatic carbocycles. The highest BCUT2D eigenvalue weighted by atomic mass is 127. The Hall–Kier alpha value is -1.63. The summed E-state index contributed by atoms with van der Waals surface area (Å²) >= 11 is 1.94. The lowest BCUT2D eigenvalue weighted by Crippen LogP contribution is -1.92. The number of nitrogens with two attached hydrogens (primary N) is 1. The molecule has 2 N–H and O–H groups in total. The van der Waals surface area contributed by atoms with Gasteiger partial charge in [0.1, 0.15) is 17.3 Å². The summed E-state index contributed by atoms with van der Waals surface area (Å²) < 4.78 is 19.8. The second-order valence-corrected chi connectivity index (χ2v) is 5.52. The van der Waals surface area contributed by atoms with Crippen molar-refractivity contribution in [3.05, 3.63) is 50.8 Å². The second kappa shape index (κ2) is 6.21. The zero-order chi connectivity index (χ0) is 14.7. The Balaban J connectivity index is 2.34. The van der Waals surface area contributed by atoms with E-state index < -0.39 is 0 Å². The Morgan fingerprint density at radius 1 is 1.20 bits per heavy atom. The van der Waals surface area contributed by atoms with Gasteiger partial charge in [-0.15, -0.1) is 0 Å². The van der Waals surface area contributed by atoms with Gasteiger partial charge >= 0.3 is 0 Å². The fourth-order valence-corrected chi connectivity index (χ4v) is 2.11. The van der Waals surface area contributed by atoms with Crippen LogP contribution in [0.25, 0.3) is 0 Å². The predicted octanol–water partition coefficient (Wildman–Crippen LogP) is 4.46. The summed E-state index contributed by atoms with van der Waals surface area (Å²) in [7, 11) is 0. The summed E-state index contributed by atoms with van der Waals surface area (Å²) in [5.74, 6) is 0.862. The number of rotatable bonds is 3. The van der Waals surface area contributed by atoms with Crippen LogP contribution in [-0.2, 0) is 0 Å². The third-order valence-corrected chi connectivity index (χ3v) is 3.70. The zero-order valence-electron chi connectivity index (χ0n) is 11.2. The molecule has 0 aliphatic carbocycles. The lowest BCUT2D eigenvalue weighted by Gasteiger charge is -2.11. The van der Waals surface area contributed by atoms with E-state index in [-0.39, 0.29) is 5.82 Å². The Morgan fingerprint density at radius 3 is 2.60 bits per heavy atom. The number of nitrogens with zero attached hydrogens (tertiary/aromatic N) is 1. The lowest BCUT2D eigenvalue weighted by atomic mass is 10.1. The first-order chi connectivity index (χ1) is 9.51. The first-order valence-electron chi connectivity index (χ1n) is 5.99. The number of aryl methyl sites for hydroxylation is 2. The minimum atomic E-state index is -0.290. The van der Waals surface area contributed by atoms with Crippen LogP contribution in [0.1, 0.15) is 11.1 Å². The van der Waals surface area contributed by atoms with Crippen molar-refractivity contribution in [3.63, 3.8) is 0 Å². The zero-order valence-corrected chi connectivity index (χ0v) is 13.3. The van der Waals surface area contributed by atoms with Gasteiger partial charge in [0.2, 0.25) is 0 Å². The van der Waals surface area contributed by atoms with Crippen molar-refractivity contribution in [2.75, 3.05) is 0 Å². The van der Waals surface area contributed by atoms with E-state index in [2.05, 4.69) is 4.99 Å². The molecule has 0 radical (unpaired) electrons. The van der Waals surface area contributed by atoms with Gasteiger partial charge < -0.3 is 10.5 Å². The van der Waals surface area contributed by atoms with Crippen LogP contribution < -0.4 is 10.5 Å². The summed E-state index contributed by atoms with van der Waals surface area (Å²) in [6.45, 7) is 3.83. The third kappa shape index (κ3) is 3.27. The van der Waals surface area contributed by atoms with E-state index in [0.29, 0.717) is 15.1 Å². The number of aliphatic imine (C=N–C) groups is 1. The van der Waals surface area contributed by atoms with Gasteiger partial charge in [-0.3, -0.25) is 0 Å². The first-order valence-corrected chi connectivity index (χ1v) is 7.07. The van der Waals surface area contributed by atoms with Crippen LogP contribution in [0.5, 0.6) is 11.5 Å². The molecule has 0 aliphatic rings. The molecule has 2 rings (SSSR count). The first kappa shape index (κ1) is 14.8. The van der Waals surface area contributed by atoms with Crippen molar-refractivity contribution in [2.24, 2.45) is 10.7 Å². The highest BCUT2D eigenvalue weighted by Crippen LogP contribution is 2.32. The number of hydrogen-bond acceptors (Lipinski definition) is 2. The van der Waals surface area contributed by atoms with Crippen LogP contribution in [0.4, 0.5) is 10.1 Å². The Kier molecular flexibility index (Phi) is 4.59. The quantitative estimate of drug-likeness (QED) is 0.483. The minimum Gasteiger partial charge on any atom is -0.457 e. The molecule has 0 atom stereocenters. The second-order valence-electron chi connectivity index (χ2n) is 4.36. The highest BCUT2D eigenvalue weighted by Gasteiger charge is 2.08. The van der Waals surface area contributed by atoms with E-state index in [4.69, 9.17) is 10.5 Å². The van der Waals surface area contributed by atoms with Crippen LogP contribution in [0.15, 0.2) is 35.3 Å². The third-order valence-electron chi connectivity index (χ3n) is 2.83. The van der Waals surface area contributed by atoms with Crippen molar-refractivity contribution >= 4 is 34.6 Å². The monoisotopic (exact) mass is 384 g/mol. The van der Waals surface area contributed by atoms with Crippen LogP contribution in [-0.4, -0.2) is 6.34 Å². The number of ether oxygens (including phenoxy) is 1. The molecule has 5 heteroatoms. The van der Waals surface area contributed by atoms with Crippen molar-refractivity contribution in [3.8, 4) is 11.5 Å². The fourth-order valence-electron chi connectivity index (χ4n) is 1.77. The van der Waals surface area contributed by atoms with Gasteiger partial charge in [0, 0.05) is 9.64 Å². The molecule has 0 aromatic heterocycles. The lowest BCUT2D eigenvalue weighted by molar-refractivity contribution is 0.472. The molecule has 0 aliphatic heterocycles. The molecule has 0 unspecified atom stereocenters. The van der Waals surface area contributed by atoms with E-state index in [1.54, 1.807) is 12.1 Å². The van der Waals surface area contributed by atoms with Gasteiger partial charge in [-0.2, -0.15) is 0 Å². The molecule has 0 saturated carbocycles. The summed E-state index contributed by atoms with van der Waals surface area (Å²) in [6, 6.07) is 8.55. The Labute approximate surface area is 130 Å². The van der Waals surface area contributed by atoms with E-state index >= 15 is 0 Å². The van der Waals surface area contributed by atoms with Gasteiger partial charge in [-0.25, -0.2) is 9.38 Å². The number of hydrogen-bond donors (Lipinski definition) is 1. The van der Waals surface area contributed by atoms with Crippen LogP contribution in [0.3, 0.4) is 0 Å². The van der Waals surface area contributed by atoms with Gasteiger partial charge in [0.25, 0.3) is 0 Å². The molecule has 104 valence electrons. The molecule has 0 bridgehead atoms. The standard InChI is InChI=1S/C15H14FIN2O/c1-9-6-15(10(2)5-14(9)19-8-18)20-11-3-4-13(17)12(16)7-11/h3-8H,1-2H3,(H2,18,19). The summed E-state index contributed by atoms with van der Waals surface area (Å²) in [6.07, 6.45) is 1.26. The average molecular weight is 384 g/mol. The molecule has 20 heavy (non-hydrogen) atoms. The fraction of sp³-hybridized carbons (Fsp3) is 0.133. The summed E-state index contributed by atoms with van der Waals surface area (Å²) in [4.78, 5) is 4.08. The van der Waals surface area contributed by atoms with E-state index in [9.17, 15) is 4.39 Å². The normalized spacial score (nSPS) is 11.0. The van der Waals surface area contributed by atoms with Crippen molar-refractivity contribution in [2.45, 2.75) is 13.8 Å². The minimum absolute atomic E-state index is 0.290. The maximum absolute atomic E-state index is 13.5. The van der Waals surface area contributed by atoms with E-state index in [1.165, 1.54) is 12.4 Å². The molecule has 0 saturated heterocycles. The predicted molar refractivity (Wildman–Crippen MR) is 87.4 cm³/mol. The highest BCUT2D eigenvalue weighted by molar-refractivity contribution is 14.1. The van der Waals surface area contributed by atoms with E-state index in [0.717, 1.165) is 16.8 Å². The van der Waals surface area contributed by atoms with Crippen LogP contribution >= 0.6 is 22.6 Å². The number of halogens is 2. The maximum Gasteiger partial charge on any atom is 0.140 e. The Bertz CT molecular complexity index is 671. The summed E-state index contributed by atoms with van der Waals surface area (Å²) in [5, 5.41) is 0. The summed E-state index contributed by atoms with van der Waals surface area (Å²) in [5.41, 5.74) is 7.96. The van der Waals surface area contributed by atoms with E-state index in [1.807, 2.05) is 48.6 Å². The topological polar surface area (TPSA) is 47.6 Å². The van der Waals surface area contributed by atoms with Crippen LogP contribution in [0.2, 0.25) is 0 Å². The molecule has 0 fully saturated rings. The van der Waals surface area contributed by atoms with Gasteiger partial charge in [0.05, 0.1) is 12.0 Å².